The number of esters is 3. The average molecular weight is 931 g/mol. The summed E-state index contributed by atoms with van der Waals surface area (Å²) in [5, 5.41) is 0. The lowest BCUT2D eigenvalue weighted by Gasteiger charge is -2.18. The molecule has 0 aliphatic heterocycles. The number of ether oxygens (including phenoxy) is 3. The van der Waals surface area contributed by atoms with Crippen molar-refractivity contribution in [2.45, 2.75) is 258 Å². The number of carbonyl (C=O) groups is 3. The van der Waals surface area contributed by atoms with E-state index in [-0.39, 0.29) is 37.5 Å². The van der Waals surface area contributed by atoms with Crippen LogP contribution in [-0.2, 0) is 28.6 Å². The van der Waals surface area contributed by atoms with Gasteiger partial charge in [0.2, 0.25) is 0 Å². The van der Waals surface area contributed by atoms with E-state index in [1.807, 2.05) is 0 Å². The summed E-state index contributed by atoms with van der Waals surface area (Å²) in [6.07, 6.45) is 72.4. The fraction of sp³-hybridized carbons (Fsp3) is 0.689. The molecule has 0 spiro atoms. The fourth-order valence-electron chi connectivity index (χ4n) is 7.42. The van der Waals surface area contributed by atoms with Gasteiger partial charge in [0.05, 0.1) is 0 Å². The van der Waals surface area contributed by atoms with Crippen molar-refractivity contribution in [1.29, 1.82) is 0 Å². The van der Waals surface area contributed by atoms with Crippen molar-refractivity contribution in [3.63, 3.8) is 0 Å². The predicted octanol–water partition coefficient (Wildman–Crippen LogP) is 18.5. The summed E-state index contributed by atoms with van der Waals surface area (Å²) in [5.41, 5.74) is 0. The van der Waals surface area contributed by atoms with Gasteiger partial charge in [-0.1, -0.05) is 227 Å². The molecule has 0 fully saturated rings. The molecule has 1 atom stereocenters. The van der Waals surface area contributed by atoms with Crippen molar-refractivity contribution >= 4 is 17.9 Å². The first-order valence-electron chi connectivity index (χ1n) is 27.7. The standard InChI is InChI=1S/C61H102O6/c1-4-7-10-13-16-19-22-25-27-29-30-32-34-37-40-43-46-49-52-55-61(64)67-58(56-65-59(62)53-50-47-44-41-38-35-24-21-18-15-12-9-6-3)57-66-60(63)54-51-48-45-42-39-36-33-31-28-26-23-20-17-14-11-8-5-2/h7,10,16-17,19-20,25-28,30,32-33,36-37,40,58H,4-6,8-9,11-15,18,21-24,29,31,34-35,38-39,41-57H2,1-3H3/b10-7-,19-16-,20-17-,27-25-,28-26-,32-30-,36-33-,40-37-/t58-/m0/s1. The summed E-state index contributed by atoms with van der Waals surface area (Å²) in [7, 11) is 0. The predicted molar refractivity (Wildman–Crippen MR) is 288 cm³/mol. The molecule has 0 aromatic rings. The molecule has 0 unspecified atom stereocenters. The number of hydrogen-bond donors (Lipinski definition) is 0. The Hall–Kier alpha value is -3.67. The van der Waals surface area contributed by atoms with Crippen molar-refractivity contribution in [2.75, 3.05) is 13.2 Å². The highest BCUT2D eigenvalue weighted by Crippen LogP contribution is 2.14. The van der Waals surface area contributed by atoms with Crippen LogP contribution < -0.4 is 0 Å². The van der Waals surface area contributed by atoms with E-state index < -0.39 is 6.10 Å². The monoisotopic (exact) mass is 931 g/mol. The molecule has 0 rings (SSSR count). The molecule has 67 heavy (non-hydrogen) atoms. The Kier molecular flexibility index (Phi) is 51.9. The molecule has 0 heterocycles. The Balaban J connectivity index is 4.49. The van der Waals surface area contributed by atoms with Crippen LogP contribution in [0.4, 0.5) is 0 Å². The third-order valence-electron chi connectivity index (χ3n) is 11.6. The lowest BCUT2D eigenvalue weighted by molar-refractivity contribution is -0.167. The third-order valence-corrected chi connectivity index (χ3v) is 11.6. The Morgan fingerprint density at radius 2 is 0.582 bits per heavy atom. The van der Waals surface area contributed by atoms with E-state index in [0.29, 0.717) is 12.8 Å². The maximum Gasteiger partial charge on any atom is 0.306 e. The van der Waals surface area contributed by atoms with Crippen LogP contribution in [0.1, 0.15) is 252 Å². The highest BCUT2D eigenvalue weighted by atomic mass is 16.6. The normalized spacial score (nSPS) is 12.8. The molecule has 0 aromatic heterocycles. The SMILES string of the molecule is CC/C=C\C/C=C\C/C=C\C/C=C\C/C=C\CCCCCC(=O)O[C@H](COC(=O)CCCCCC/C=C\C/C=C\C/C=C\CCCCC)COC(=O)CCCCCCCCCCCCCCC. The number of allylic oxidation sites excluding steroid dienone is 16. The Morgan fingerprint density at radius 1 is 0.313 bits per heavy atom. The van der Waals surface area contributed by atoms with Gasteiger partial charge < -0.3 is 14.2 Å². The first kappa shape index (κ1) is 63.3. The number of hydrogen-bond acceptors (Lipinski definition) is 6. The van der Waals surface area contributed by atoms with Gasteiger partial charge in [-0.2, -0.15) is 0 Å². The highest BCUT2D eigenvalue weighted by Gasteiger charge is 2.19. The molecule has 0 radical (unpaired) electrons. The van der Waals surface area contributed by atoms with Crippen molar-refractivity contribution in [1.82, 2.24) is 0 Å². The largest absolute Gasteiger partial charge is 0.462 e. The topological polar surface area (TPSA) is 78.9 Å². The number of unbranched alkanes of at least 4 members (excludes halogenated alkanes) is 22. The Labute approximate surface area is 413 Å². The summed E-state index contributed by atoms with van der Waals surface area (Å²) in [6.45, 7) is 6.45. The maximum atomic E-state index is 12.8. The van der Waals surface area contributed by atoms with Crippen LogP contribution in [0.5, 0.6) is 0 Å². The van der Waals surface area contributed by atoms with Gasteiger partial charge in [0.25, 0.3) is 0 Å². The minimum atomic E-state index is -0.804. The molecule has 382 valence electrons. The second-order valence-electron chi connectivity index (χ2n) is 18.1. The molecule has 0 N–H and O–H groups in total. The zero-order valence-electron chi connectivity index (χ0n) is 43.6. The van der Waals surface area contributed by atoms with Gasteiger partial charge in [-0.15, -0.1) is 0 Å². The van der Waals surface area contributed by atoms with Gasteiger partial charge in [0.15, 0.2) is 6.10 Å². The van der Waals surface area contributed by atoms with E-state index in [1.165, 1.54) is 89.9 Å². The minimum absolute atomic E-state index is 0.0974. The first-order valence-corrected chi connectivity index (χ1v) is 27.7. The quantitative estimate of drug-likeness (QED) is 0.0262. The van der Waals surface area contributed by atoms with E-state index in [9.17, 15) is 14.4 Å². The van der Waals surface area contributed by atoms with Crippen molar-refractivity contribution in [3.05, 3.63) is 97.2 Å². The molecular formula is C61H102O6. The van der Waals surface area contributed by atoms with Crippen LogP contribution in [-0.4, -0.2) is 37.2 Å². The Bertz CT molecular complexity index is 1350. The molecular weight excluding hydrogens is 829 g/mol. The van der Waals surface area contributed by atoms with E-state index in [4.69, 9.17) is 14.2 Å². The number of carbonyl (C=O) groups excluding carboxylic acids is 3. The molecule has 0 saturated carbocycles. The Morgan fingerprint density at radius 3 is 0.955 bits per heavy atom. The van der Waals surface area contributed by atoms with E-state index in [1.54, 1.807) is 0 Å². The third kappa shape index (κ3) is 53.2. The van der Waals surface area contributed by atoms with Gasteiger partial charge in [0, 0.05) is 19.3 Å². The zero-order chi connectivity index (χ0) is 48.6. The van der Waals surface area contributed by atoms with Crippen molar-refractivity contribution < 1.29 is 28.6 Å². The highest BCUT2D eigenvalue weighted by molar-refractivity contribution is 5.71. The van der Waals surface area contributed by atoms with Crippen LogP contribution in [0, 0.1) is 0 Å². The van der Waals surface area contributed by atoms with E-state index in [0.717, 1.165) is 122 Å². The van der Waals surface area contributed by atoms with Gasteiger partial charge in [-0.25, -0.2) is 0 Å². The molecule has 0 amide bonds. The van der Waals surface area contributed by atoms with Gasteiger partial charge >= 0.3 is 17.9 Å². The lowest BCUT2D eigenvalue weighted by Crippen LogP contribution is -2.30. The summed E-state index contributed by atoms with van der Waals surface area (Å²) in [4.78, 5) is 38.1. The van der Waals surface area contributed by atoms with Gasteiger partial charge in [0.1, 0.15) is 13.2 Å². The molecule has 0 saturated heterocycles. The zero-order valence-corrected chi connectivity index (χ0v) is 43.6. The molecule has 0 aromatic carbocycles. The number of rotatable bonds is 49. The molecule has 0 aliphatic carbocycles. The molecule has 6 nitrogen and oxygen atoms in total. The van der Waals surface area contributed by atoms with Crippen LogP contribution in [0.15, 0.2) is 97.2 Å². The summed E-state index contributed by atoms with van der Waals surface area (Å²) in [6, 6.07) is 0. The first-order chi connectivity index (χ1) is 33.0. The van der Waals surface area contributed by atoms with Crippen molar-refractivity contribution in [3.8, 4) is 0 Å². The average Bonchev–Trinajstić information content (AvgIpc) is 3.33. The molecule has 0 aliphatic rings. The molecule has 6 heteroatoms. The van der Waals surface area contributed by atoms with E-state index >= 15 is 0 Å². The van der Waals surface area contributed by atoms with Gasteiger partial charge in [-0.3, -0.25) is 14.4 Å². The van der Waals surface area contributed by atoms with Crippen molar-refractivity contribution in [2.24, 2.45) is 0 Å². The lowest BCUT2D eigenvalue weighted by atomic mass is 10.0. The van der Waals surface area contributed by atoms with Crippen LogP contribution in [0.3, 0.4) is 0 Å². The second-order valence-corrected chi connectivity index (χ2v) is 18.1. The molecule has 0 bridgehead atoms. The van der Waals surface area contributed by atoms with E-state index in [2.05, 4.69) is 118 Å². The summed E-state index contributed by atoms with van der Waals surface area (Å²) < 4.78 is 16.8. The second kappa shape index (κ2) is 54.9. The summed E-state index contributed by atoms with van der Waals surface area (Å²) in [5.74, 6) is -0.950. The maximum absolute atomic E-state index is 12.8. The van der Waals surface area contributed by atoms with Crippen LogP contribution in [0.25, 0.3) is 0 Å². The summed E-state index contributed by atoms with van der Waals surface area (Å²) >= 11 is 0. The van der Waals surface area contributed by atoms with Crippen LogP contribution >= 0.6 is 0 Å². The minimum Gasteiger partial charge on any atom is -0.462 e. The van der Waals surface area contributed by atoms with Gasteiger partial charge in [-0.05, 0) is 103 Å². The smallest absolute Gasteiger partial charge is 0.306 e. The van der Waals surface area contributed by atoms with Crippen LogP contribution in [0.2, 0.25) is 0 Å². The fourth-order valence-corrected chi connectivity index (χ4v) is 7.42.